The maximum absolute atomic E-state index is 13.1. The molecule has 70 heavy (non-hydrogen) atoms. The van der Waals surface area contributed by atoms with Gasteiger partial charge in [0.15, 0.2) is 11.6 Å². The van der Waals surface area contributed by atoms with Crippen molar-refractivity contribution in [2.75, 3.05) is 13.7 Å². The van der Waals surface area contributed by atoms with Crippen LogP contribution in [0.25, 0.3) is 0 Å². The molecule has 0 saturated heterocycles. The number of rotatable bonds is 21. The van der Waals surface area contributed by atoms with E-state index in [1.54, 1.807) is 122 Å². The predicted molar refractivity (Wildman–Crippen MR) is 267 cm³/mol. The molecule has 8 aromatic rings. The highest BCUT2D eigenvalue weighted by molar-refractivity contribution is 5.96. The average molecular weight is 931 g/mol. The number of carbonyl (C=O) groups excluding carboxylic acids is 4. The summed E-state index contributed by atoms with van der Waals surface area (Å²) < 4.78 is 34.5. The van der Waals surface area contributed by atoms with Crippen LogP contribution >= 0.6 is 0 Å². The predicted octanol–water partition coefficient (Wildman–Crippen LogP) is 13.5. The molecule has 0 unspecified atom stereocenters. The number of carbonyl (C=O) groups is 4. The monoisotopic (exact) mass is 930 g/mol. The van der Waals surface area contributed by atoms with Gasteiger partial charge in [-0.15, -0.1) is 0 Å². The molecular formula is C60H50O10. The van der Waals surface area contributed by atoms with Crippen molar-refractivity contribution in [1.82, 2.24) is 0 Å². The number of unbranched alkanes of at least 4 members (excludes halogenated alkanes) is 1. The largest absolute Gasteiger partial charge is 0.497 e. The first kappa shape index (κ1) is 47.7. The van der Waals surface area contributed by atoms with Crippen LogP contribution in [-0.4, -0.2) is 37.2 Å². The van der Waals surface area contributed by atoms with E-state index in [1.165, 1.54) is 6.92 Å². The Morgan fingerprint density at radius 2 is 0.829 bits per heavy atom. The molecule has 0 heterocycles. The summed E-state index contributed by atoms with van der Waals surface area (Å²) in [4.78, 5) is 50.5. The van der Waals surface area contributed by atoms with Crippen molar-refractivity contribution in [2.24, 2.45) is 0 Å². The molecule has 10 heteroatoms. The van der Waals surface area contributed by atoms with Crippen molar-refractivity contribution < 1.29 is 47.6 Å². The molecule has 0 radical (unpaired) electrons. The van der Waals surface area contributed by atoms with Gasteiger partial charge in [0.25, 0.3) is 0 Å². The standard InChI is InChI=1S/C60H50O10/c1-41(61)45-16-30-52(31-17-45)67-55-36-22-48(23-37-55)60(64)70-58-9-4-3-7-49(58)40-44-12-26-51(27-13-44)66-38-6-5-8-57(62)46-18-32-53(33-19-46)68-54-34-20-47(21-35-54)59(63)69-56-28-14-43(15-29-56)39-42-10-24-50(65-2)25-11-42/h3-4,7,9-37H,5-6,8,38-40H2,1-2H3. The Kier molecular flexibility index (Phi) is 15.9. The van der Waals surface area contributed by atoms with Gasteiger partial charge in [0.05, 0.1) is 24.8 Å². The van der Waals surface area contributed by atoms with E-state index in [2.05, 4.69) is 0 Å². The summed E-state index contributed by atoms with van der Waals surface area (Å²) in [6, 6.07) is 57.9. The molecule has 0 saturated carbocycles. The topological polar surface area (TPSA) is 124 Å². The van der Waals surface area contributed by atoms with Gasteiger partial charge < -0.3 is 28.4 Å². The minimum atomic E-state index is -0.485. The number of Topliss-reactive ketones (excluding diaryl/α,β-unsaturated/α-hetero) is 2. The minimum Gasteiger partial charge on any atom is -0.497 e. The third kappa shape index (κ3) is 13.4. The van der Waals surface area contributed by atoms with Gasteiger partial charge in [-0.05, 0) is 188 Å². The fourth-order valence-corrected chi connectivity index (χ4v) is 7.43. The SMILES string of the molecule is COc1ccc(Cc2ccc(OC(=O)c3ccc(Oc4ccc(C(=O)CCCCOc5ccc(Cc6ccccc6OC(=O)c6ccc(Oc7ccc(C(C)=O)cc7)cc6)cc5)cc4)cc3)cc2)cc1. The highest BCUT2D eigenvalue weighted by Crippen LogP contribution is 2.28. The number of esters is 2. The second kappa shape index (κ2) is 23.3. The molecule has 0 aliphatic heterocycles. The van der Waals surface area contributed by atoms with Crippen molar-refractivity contribution >= 4 is 23.5 Å². The summed E-state index contributed by atoms with van der Waals surface area (Å²) >= 11 is 0. The van der Waals surface area contributed by atoms with Gasteiger partial charge in [0, 0.05) is 24.0 Å². The summed E-state index contributed by atoms with van der Waals surface area (Å²) in [5.41, 5.74) is 6.09. The van der Waals surface area contributed by atoms with Crippen LogP contribution in [0.2, 0.25) is 0 Å². The van der Waals surface area contributed by atoms with E-state index in [1.807, 2.05) is 78.9 Å². The lowest BCUT2D eigenvalue weighted by Gasteiger charge is -2.12. The van der Waals surface area contributed by atoms with Crippen LogP contribution in [0.5, 0.6) is 46.0 Å². The van der Waals surface area contributed by atoms with Gasteiger partial charge in [-0.1, -0.05) is 54.6 Å². The Morgan fingerprint density at radius 3 is 1.34 bits per heavy atom. The number of ketones is 2. The third-order valence-electron chi connectivity index (χ3n) is 11.3. The summed E-state index contributed by atoms with van der Waals surface area (Å²) in [7, 11) is 1.64. The van der Waals surface area contributed by atoms with Crippen LogP contribution < -0.4 is 28.4 Å². The molecule has 0 bridgehead atoms. The fraction of sp³-hybridized carbons (Fsp3) is 0.133. The lowest BCUT2D eigenvalue weighted by atomic mass is 10.0. The normalized spacial score (nSPS) is 10.7. The second-order valence-electron chi connectivity index (χ2n) is 16.5. The van der Waals surface area contributed by atoms with Crippen molar-refractivity contribution in [2.45, 2.75) is 39.0 Å². The molecule has 0 aromatic heterocycles. The van der Waals surface area contributed by atoms with Gasteiger partial charge in [-0.3, -0.25) is 9.59 Å². The summed E-state index contributed by atoms with van der Waals surface area (Å²) in [5, 5.41) is 0. The molecule has 10 nitrogen and oxygen atoms in total. The highest BCUT2D eigenvalue weighted by atomic mass is 16.5. The van der Waals surface area contributed by atoms with Crippen LogP contribution in [-0.2, 0) is 12.8 Å². The van der Waals surface area contributed by atoms with Crippen LogP contribution in [0.3, 0.4) is 0 Å². The highest BCUT2D eigenvalue weighted by Gasteiger charge is 2.14. The maximum atomic E-state index is 13.1. The van der Waals surface area contributed by atoms with E-state index in [0.29, 0.717) is 89.0 Å². The Bertz CT molecular complexity index is 3020. The first-order chi connectivity index (χ1) is 34.1. The van der Waals surface area contributed by atoms with E-state index in [-0.39, 0.29) is 11.6 Å². The molecule has 0 atom stereocenters. The van der Waals surface area contributed by atoms with Gasteiger partial charge in [-0.25, -0.2) is 9.59 Å². The van der Waals surface area contributed by atoms with Crippen molar-refractivity contribution in [3.05, 3.63) is 239 Å². The van der Waals surface area contributed by atoms with Crippen LogP contribution in [0.4, 0.5) is 0 Å². The summed E-state index contributed by atoms with van der Waals surface area (Å²) in [6.45, 7) is 1.98. The van der Waals surface area contributed by atoms with Crippen molar-refractivity contribution in [3.8, 4) is 46.0 Å². The van der Waals surface area contributed by atoms with Crippen LogP contribution in [0, 0.1) is 0 Å². The number of methoxy groups -OCH3 is 1. The molecule has 0 N–H and O–H groups in total. The minimum absolute atomic E-state index is 0.0189. The van der Waals surface area contributed by atoms with Crippen LogP contribution in [0.15, 0.2) is 194 Å². The van der Waals surface area contributed by atoms with E-state index in [9.17, 15) is 19.2 Å². The van der Waals surface area contributed by atoms with Gasteiger partial charge in [0.1, 0.15) is 46.0 Å². The summed E-state index contributed by atoms with van der Waals surface area (Å²) in [6.07, 6.45) is 3.06. The zero-order valence-corrected chi connectivity index (χ0v) is 38.8. The van der Waals surface area contributed by atoms with Gasteiger partial charge in [-0.2, -0.15) is 0 Å². The zero-order valence-electron chi connectivity index (χ0n) is 38.8. The average Bonchev–Trinajstić information content (AvgIpc) is 3.39. The molecule has 350 valence electrons. The first-order valence-electron chi connectivity index (χ1n) is 22.9. The number of ether oxygens (including phenoxy) is 6. The van der Waals surface area contributed by atoms with Crippen molar-refractivity contribution in [1.29, 1.82) is 0 Å². The van der Waals surface area contributed by atoms with Crippen LogP contribution in [0.1, 0.15) is 89.9 Å². The van der Waals surface area contributed by atoms with Gasteiger partial charge >= 0.3 is 11.9 Å². The molecule has 0 aliphatic carbocycles. The van der Waals surface area contributed by atoms with E-state index in [0.717, 1.165) is 40.2 Å². The zero-order chi connectivity index (χ0) is 48.7. The molecule has 0 amide bonds. The first-order valence-corrected chi connectivity index (χ1v) is 22.9. The lowest BCUT2D eigenvalue weighted by molar-refractivity contribution is 0.0724. The van der Waals surface area contributed by atoms with E-state index >= 15 is 0 Å². The Hall–Kier alpha value is -8.76. The van der Waals surface area contributed by atoms with Crippen molar-refractivity contribution in [3.63, 3.8) is 0 Å². The molecule has 0 fully saturated rings. The molecule has 8 aromatic carbocycles. The summed E-state index contributed by atoms with van der Waals surface area (Å²) in [5.74, 6) is 3.76. The number of hydrogen-bond acceptors (Lipinski definition) is 10. The smallest absolute Gasteiger partial charge is 0.343 e. The lowest BCUT2D eigenvalue weighted by Crippen LogP contribution is -2.10. The number of para-hydroxylation sites is 1. The molecular weight excluding hydrogens is 881 g/mol. The molecule has 0 spiro atoms. The Morgan fingerprint density at radius 1 is 0.400 bits per heavy atom. The quantitative estimate of drug-likeness (QED) is 0.0298. The molecule has 0 aliphatic rings. The maximum Gasteiger partial charge on any atom is 0.343 e. The number of benzene rings is 8. The third-order valence-corrected chi connectivity index (χ3v) is 11.3. The Labute approximate surface area is 407 Å². The number of hydrogen-bond donors (Lipinski definition) is 0. The Balaban J connectivity index is 0.725. The van der Waals surface area contributed by atoms with E-state index in [4.69, 9.17) is 28.4 Å². The fourth-order valence-electron chi connectivity index (χ4n) is 7.43. The van der Waals surface area contributed by atoms with Gasteiger partial charge in [0.2, 0.25) is 0 Å². The molecule has 8 rings (SSSR count). The second-order valence-corrected chi connectivity index (χ2v) is 16.5. The van der Waals surface area contributed by atoms with E-state index < -0.39 is 11.9 Å².